The van der Waals surface area contributed by atoms with Gasteiger partial charge in [-0.2, -0.15) is 0 Å². The zero-order valence-electron chi connectivity index (χ0n) is 16.1. The summed E-state index contributed by atoms with van der Waals surface area (Å²) in [6, 6.07) is 8.13. The molecule has 0 amide bonds. The molecule has 8 heteroatoms. The van der Waals surface area contributed by atoms with Crippen LogP contribution in [0.25, 0.3) is 0 Å². The van der Waals surface area contributed by atoms with Gasteiger partial charge in [0.1, 0.15) is 5.75 Å². The number of methoxy groups -OCH3 is 4. The lowest BCUT2D eigenvalue weighted by Crippen LogP contribution is -2.21. The molecule has 0 fully saturated rings. The highest BCUT2D eigenvalue weighted by Crippen LogP contribution is 2.40. The quantitative estimate of drug-likeness (QED) is 0.686. The van der Waals surface area contributed by atoms with Crippen molar-refractivity contribution < 1.29 is 27.4 Å². The van der Waals surface area contributed by atoms with Gasteiger partial charge in [-0.1, -0.05) is 6.07 Å². The van der Waals surface area contributed by atoms with Gasteiger partial charge in [-0.3, -0.25) is 0 Å². The fourth-order valence-corrected chi connectivity index (χ4v) is 4.23. The largest absolute Gasteiger partial charge is 0.495 e. The van der Waals surface area contributed by atoms with Crippen molar-refractivity contribution in [1.82, 2.24) is 0 Å². The molecule has 2 N–H and O–H groups in total. The highest BCUT2D eigenvalue weighted by atomic mass is 32.2. The molecular formula is C19H25NO6S. The fraction of sp³-hybridized carbons (Fsp3) is 0.368. The molecule has 1 atom stereocenters. The minimum atomic E-state index is -3.64. The molecule has 0 saturated carbocycles. The normalized spacial score (nSPS) is 12.3. The van der Waals surface area contributed by atoms with Crippen LogP contribution in [0, 0.1) is 0 Å². The molecule has 0 heterocycles. The molecular weight excluding hydrogens is 370 g/mol. The van der Waals surface area contributed by atoms with Gasteiger partial charge in [0.2, 0.25) is 5.75 Å². The molecule has 0 spiro atoms. The Morgan fingerprint density at radius 1 is 0.889 bits per heavy atom. The summed E-state index contributed by atoms with van der Waals surface area (Å²) in [4.78, 5) is 0.103. The van der Waals surface area contributed by atoms with Gasteiger partial charge in [0.25, 0.3) is 0 Å². The average molecular weight is 395 g/mol. The Morgan fingerprint density at radius 3 is 1.89 bits per heavy atom. The van der Waals surface area contributed by atoms with Crippen molar-refractivity contribution in [2.24, 2.45) is 0 Å². The average Bonchev–Trinajstić information content (AvgIpc) is 2.66. The smallest absolute Gasteiger partial charge is 0.203 e. The molecule has 0 saturated heterocycles. The number of anilines is 1. The number of nitrogens with two attached hydrogens (primary N) is 1. The zero-order chi connectivity index (χ0) is 20.2. The first-order chi connectivity index (χ1) is 12.8. The van der Waals surface area contributed by atoms with E-state index < -0.39 is 15.1 Å². The predicted molar refractivity (Wildman–Crippen MR) is 104 cm³/mol. The van der Waals surface area contributed by atoms with E-state index in [0.29, 0.717) is 23.6 Å². The number of hydrogen-bond acceptors (Lipinski definition) is 7. The highest BCUT2D eigenvalue weighted by Gasteiger charge is 2.27. The Hall–Kier alpha value is -2.61. The second-order valence-corrected chi connectivity index (χ2v) is 8.36. The minimum Gasteiger partial charge on any atom is -0.495 e. The summed E-state index contributed by atoms with van der Waals surface area (Å²) < 4.78 is 47.0. The lowest BCUT2D eigenvalue weighted by atomic mass is 10.1. The predicted octanol–water partition coefficient (Wildman–Crippen LogP) is 2.71. The van der Waals surface area contributed by atoms with Crippen molar-refractivity contribution in [3.05, 3.63) is 35.9 Å². The zero-order valence-corrected chi connectivity index (χ0v) is 16.9. The molecule has 27 heavy (non-hydrogen) atoms. The number of sulfone groups is 1. The van der Waals surface area contributed by atoms with Gasteiger partial charge in [-0.15, -0.1) is 0 Å². The third-order valence-corrected chi connectivity index (χ3v) is 6.43. The van der Waals surface area contributed by atoms with Crippen LogP contribution in [-0.4, -0.2) is 42.1 Å². The number of ether oxygens (including phenoxy) is 4. The molecule has 0 aliphatic rings. The van der Waals surface area contributed by atoms with Gasteiger partial charge in [0.05, 0.1) is 44.3 Å². The van der Waals surface area contributed by atoms with Crippen LogP contribution in [0.5, 0.6) is 23.0 Å². The van der Waals surface area contributed by atoms with Gasteiger partial charge in [0.15, 0.2) is 21.3 Å². The Kier molecular flexibility index (Phi) is 6.43. The molecule has 1 unspecified atom stereocenters. The summed E-state index contributed by atoms with van der Waals surface area (Å²) in [7, 11) is 2.23. The van der Waals surface area contributed by atoms with E-state index in [9.17, 15) is 8.42 Å². The van der Waals surface area contributed by atoms with Crippen LogP contribution in [-0.2, 0) is 16.3 Å². The first-order valence-electron chi connectivity index (χ1n) is 8.24. The third kappa shape index (κ3) is 4.21. The van der Waals surface area contributed by atoms with E-state index in [1.165, 1.54) is 40.6 Å². The van der Waals surface area contributed by atoms with E-state index in [1.54, 1.807) is 25.1 Å². The highest BCUT2D eigenvalue weighted by molar-refractivity contribution is 7.92. The van der Waals surface area contributed by atoms with Crippen molar-refractivity contribution in [3.63, 3.8) is 0 Å². The molecule has 0 aliphatic carbocycles. The molecule has 2 rings (SSSR count). The second kappa shape index (κ2) is 8.39. The van der Waals surface area contributed by atoms with Gasteiger partial charge >= 0.3 is 0 Å². The van der Waals surface area contributed by atoms with Crippen molar-refractivity contribution in [3.8, 4) is 23.0 Å². The molecule has 148 valence electrons. The van der Waals surface area contributed by atoms with Crippen molar-refractivity contribution in [1.29, 1.82) is 0 Å². The van der Waals surface area contributed by atoms with Crippen molar-refractivity contribution >= 4 is 15.5 Å². The lowest BCUT2D eigenvalue weighted by Gasteiger charge is -2.17. The van der Waals surface area contributed by atoms with Crippen LogP contribution in [0.1, 0.15) is 12.5 Å². The monoisotopic (exact) mass is 395 g/mol. The van der Waals surface area contributed by atoms with Crippen LogP contribution in [0.3, 0.4) is 0 Å². The Bertz CT molecular complexity index is 885. The van der Waals surface area contributed by atoms with E-state index in [4.69, 9.17) is 24.7 Å². The molecule has 0 aliphatic heterocycles. The SMILES string of the molecule is COc1ccc(CC(C)S(=O)(=O)c2cc(OC)c(OC)c(OC)c2)cc1N. The van der Waals surface area contributed by atoms with Crippen molar-refractivity contribution in [2.45, 2.75) is 23.5 Å². The summed E-state index contributed by atoms with van der Waals surface area (Å²) >= 11 is 0. The number of hydrogen-bond donors (Lipinski definition) is 1. The van der Waals surface area contributed by atoms with Gasteiger partial charge in [-0.05, 0) is 31.0 Å². The van der Waals surface area contributed by atoms with Crippen LogP contribution in [0.2, 0.25) is 0 Å². The molecule has 0 radical (unpaired) electrons. The summed E-state index contributed by atoms with van der Waals surface area (Å²) in [5, 5.41) is -0.687. The summed E-state index contributed by atoms with van der Waals surface area (Å²) in [5.74, 6) is 1.47. The Balaban J connectivity index is 2.38. The molecule has 7 nitrogen and oxygen atoms in total. The summed E-state index contributed by atoms with van der Waals surface area (Å²) in [6.07, 6.45) is 0.299. The van der Waals surface area contributed by atoms with Crippen LogP contribution in [0.15, 0.2) is 35.2 Å². The Morgan fingerprint density at radius 2 is 1.44 bits per heavy atom. The maximum absolute atomic E-state index is 13.1. The maximum Gasteiger partial charge on any atom is 0.203 e. The van der Waals surface area contributed by atoms with E-state index in [2.05, 4.69) is 0 Å². The summed E-state index contributed by atoms with van der Waals surface area (Å²) in [5.41, 5.74) is 7.18. The number of benzene rings is 2. The number of nitrogen functional groups attached to an aromatic ring is 1. The van der Waals surface area contributed by atoms with E-state index in [1.807, 2.05) is 0 Å². The fourth-order valence-electron chi connectivity index (χ4n) is 2.81. The van der Waals surface area contributed by atoms with E-state index in [0.717, 1.165) is 5.56 Å². The van der Waals surface area contributed by atoms with Gasteiger partial charge in [-0.25, -0.2) is 8.42 Å². The first kappa shape index (κ1) is 20.7. The minimum absolute atomic E-state index is 0.103. The van der Waals surface area contributed by atoms with E-state index in [-0.39, 0.29) is 16.4 Å². The molecule has 2 aromatic carbocycles. The van der Waals surface area contributed by atoms with Gasteiger partial charge < -0.3 is 24.7 Å². The number of rotatable bonds is 8. The maximum atomic E-state index is 13.1. The molecule has 2 aromatic rings. The third-order valence-electron chi connectivity index (χ3n) is 4.31. The van der Waals surface area contributed by atoms with Crippen LogP contribution < -0.4 is 24.7 Å². The van der Waals surface area contributed by atoms with Crippen molar-refractivity contribution in [2.75, 3.05) is 34.2 Å². The topological polar surface area (TPSA) is 97.1 Å². The first-order valence-corrected chi connectivity index (χ1v) is 9.79. The second-order valence-electron chi connectivity index (χ2n) is 6.00. The van der Waals surface area contributed by atoms with Gasteiger partial charge in [0, 0.05) is 12.1 Å². The molecule has 0 bridgehead atoms. The summed E-state index contributed by atoms with van der Waals surface area (Å²) in [6.45, 7) is 1.65. The lowest BCUT2D eigenvalue weighted by molar-refractivity contribution is 0.323. The van der Waals surface area contributed by atoms with Crippen LogP contribution >= 0.6 is 0 Å². The Labute approximate surface area is 159 Å². The van der Waals surface area contributed by atoms with E-state index >= 15 is 0 Å². The standard InChI is InChI=1S/C19H25NO6S/c1-12(8-13-6-7-16(23-2)15(20)9-13)27(21,22)14-10-17(24-3)19(26-5)18(11-14)25-4/h6-7,9-12H,8,20H2,1-5H3. The molecule has 0 aromatic heterocycles. The van der Waals surface area contributed by atoms with Crippen LogP contribution in [0.4, 0.5) is 5.69 Å².